The molecule has 7 heteroatoms. The Labute approximate surface area is 115 Å². The first-order chi connectivity index (χ1) is 9.29. The molecule has 1 fully saturated rings. The number of hydrogen-bond acceptors (Lipinski definition) is 5. The second-order valence-corrected chi connectivity index (χ2v) is 5.32. The minimum atomic E-state index is -1.33. The van der Waals surface area contributed by atoms with E-state index in [-0.39, 0.29) is 18.2 Å². The molecule has 106 valence electrons. The van der Waals surface area contributed by atoms with Gasteiger partial charge < -0.3 is 5.11 Å². The largest absolute Gasteiger partial charge is 0.476 e. The number of nitrogens with zero attached hydrogens (tertiary/aromatic N) is 3. The Morgan fingerprint density at radius 1 is 1.35 bits per heavy atom. The molecule has 1 aliphatic heterocycles. The van der Waals surface area contributed by atoms with Crippen molar-refractivity contribution in [2.45, 2.75) is 27.2 Å². The molecular formula is C13H15N3O4. The summed E-state index contributed by atoms with van der Waals surface area (Å²) in [5, 5.41) is 9.09. The van der Waals surface area contributed by atoms with Crippen LogP contribution in [-0.2, 0) is 9.59 Å². The van der Waals surface area contributed by atoms with Crippen LogP contribution in [-0.4, -0.2) is 32.9 Å². The molecule has 0 aromatic carbocycles. The Morgan fingerprint density at radius 3 is 2.45 bits per heavy atom. The topological polar surface area (TPSA) is 100 Å². The molecule has 0 bridgehead atoms. The maximum Gasteiger partial charge on any atom is 0.358 e. The van der Waals surface area contributed by atoms with Crippen molar-refractivity contribution in [1.29, 1.82) is 0 Å². The molecule has 0 spiro atoms. The van der Waals surface area contributed by atoms with E-state index >= 15 is 0 Å². The number of hydrogen-bond donors (Lipinski definition) is 1. The minimum Gasteiger partial charge on any atom is -0.476 e. The number of carbonyl (C=O) groups is 3. The smallest absolute Gasteiger partial charge is 0.358 e. The summed E-state index contributed by atoms with van der Waals surface area (Å²) in [5.74, 6) is -2.46. The maximum absolute atomic E-state index is 12.5. The molecule has 0 aliphatic carbocycles. The van der Waals surface area contributed by atoms with Gasteiger partial charge >= 0.3 is 5.97 Å². The molecule has 2 heterocycles. The molecule has 20 heavy (non-hydrogen) atoms. The zero-order valence-electron chi connectivity index (χ0n) is 11.5. The van der Waals surface area contributed by atoms with Gasteiger partial charge in [0.1, 0.15) is 0 Å². The van der Waals surface area contributed by atoms with Gasteiger partial charge in [-0.05, 0) is 12.8 Å². The highest BCUT2D eigenvalue weighted by Crippen LogP contribution is 2.41. The second-order valence-electron chi connectivity index (χ2n) is 5.32. The Morgan fingerprint density at radius 2 is 1.95 bits per heavy atom. The molecule has 0 saturated carbocycles. The Hall–Kier alpha value is -2.31. The van der Waals surface area contributed by atoms with E-state index < -0.39 is 28.9 Å². The maximum atomic E-state index is 12.5. The number of aromatic carboxylic acids is 1. The van der Waals surface area contributed by atoms with Gasteiger partial charge in [0.2, 0.25) is 11.8 Å². The van der Waals surface area contributed by atoms with E-state index in [0.29, 0.717) is 0 Å². The van der Waals surface area contributed by atoms with E-state index in [9.17, 15) is 14.4 Å². The molecular weight excluding hydrogens is 262 g/mol. The predicted octanol–water partition coefficient (Wildman–Crippen LogP) is 1.10. The predicted molar refractivity (Wildman–Crippen MR) is 69.0 cm³/mol. The van der Waals surface area contributed by atoms with Crippen LogP contribution in [0.4, 0.5) is 5.82 Å². The van der Waals surface area contributed by atoms with Crippen LogP contribution in [0.3, 0.4) is 0 Å². The van der Waals surface area contributed by atoms with Gasteiger partial charge in [-0.25, -0.2) is 19.7 Å². The Balaban J connectivity index is 2.52. The van der Waals surface area contributed by atoms with Gasteiger partial charge in [0.25, 0.3) is 0 Å². The third-order valence-corrected chi connectivity index (χ3v) is 3.83. The molecule has 1 atom stereocenters. The molecule has 2 amide bonds. The lowest BCUT2D eigenvalue weighted by atomic mass is 9.78. The van der Waals surface area contributed by atoms with E-state index in [1.807, 2.05) is 13.8 Å². The van der Waals surface area contributed by atoms with Gasteiger partial charge in [0.05, 0.1) is 5.41 Å². The summed E-state index contributed by atoms with van der Waals surface area (Å²) in [7, 11) is 0. The molecule has 1 aromatic rings. The van der Waals surface area contributed by atoms with Crippen molar-refractivity contribution in [2.24, 2.45) is 11.3 Å². The molecule has 7 nitrogen and oxygen atoms in total. The summed E-state index contributed by atoms with van der Waals surface area (Å²) in [5.41, 5.74) is -1.24. The van der Waals surface area contributed by atoms with Crippen molar-refractivity contribution in [3.05, 3.63) is 18.1 Å². The van der Waals surface area contributed by atoms with Gasteiger partial charge in [-0.15, -0.1) is 0 Å². The number of carboxylic acid groups (broad SMARTS) is 1. The lowest BCUT2D eigenvalue weighted by Gasteiger charge is -2.25. The summed E-state index contributed by atoms with van der Waals surface area (Å²) in [6, 6.07) is 0. The van der Waals surface area contributed by atoms with E-state index in [4.69, 9.17) is 5.11 Å². The lowest BCUT2D eigenvalue weighted by Crippen LogP contribution is -2.38. The van der Waals surface area contributed by atoms with Gasteiger partial charge in [-0.3, -0.25) is 9.59 Å². The van der Waals surface area contributed by atoms with Crippen molar-refractivity contribution in [3.8, 4) is 0 Å². The summed E-state index contributed by atoms with van der Waals surface area (Å²) in [6.07, 6.45) is 2.51. The summed E-state index contributed by atoms with van der Waals surface area (Å²) >= 11 is 0. The standard InChI is InChI=1S/C13H15N3O4/c1-7(2)13(3)6-8(17)16(12(13)20)10-9(11(18)19)14-4-5-15-10/h4-5,7H,6H2,1-3H3,(H,18,19). The highest BCUT2D eigenvalue weighted by molar-refractivity contribution is 6.23. The van der Waals surface area contributed by atoms with Gasteiger partial charge in [0.15, 0.2) is 11.5 Å². The third-order valence-electron chi connectivity index (χ3n) is 3.83. The first kappa shape index (κ1) is 14.1. The van der Waals surface area contributed by atoms with Gasteiger partial charge in [-0.1, -0.05) is 13.8 Å². The van der Waals surface area contributed by atoms with Crippen molar-refractivity contribution in [3.63, 3.8) is 0 Å². The fourth-order valence-corrected chi connectivity index (χ4v) is 2.15. The van der Waals surface area contributed by atoms with Crippen LogP contribution in [0.2, 0.25) is 0 Å². The summed E-state index contributed by atoms with van der Waals surface area (Å²) < 4.78 is 0. The monoisotopic (exact) mass is 277 g/mol. The van der Waals surface area contributed by atoms with Crippen LogP contribution >= 0.6 is 0 Å². The number of amides is 2. The van der Waals surface area contributed by atoms with Crippen LogP contribution in [0, 0.1) is 11.3 Å². The Bertz CT molecular complexity index is 599. The highest BCUT2D eigenvalue weighted by Gasteiger charge is 2.51. The number of aromatic nitrogens is 2. The van der Waals surface area contributed by atoms with Crippen molar-refractivity contribution in [1.82, 2.24) is 9.97 Å². The molecule has 0 radical (unpaired) electrons. The highest BCUT2D eigenvalue weighted by atomic mass is 16.4. The van der Waals surface area contributed by atoms with Crippen molar-refractivity contribution in [2.75, 3.05) is 4.90 Å². The average Bonchev–Trinajstić information content (AvgIpc) is 2.61. The minimum absolute atomic E-state index is 0.0408. The SMILES string of the molecule is CC(C)C1(C)CC(=O)N(c2nccnc2C(=O)O)C1=O. The number of rotatable bonds is 3. The number of carbonyl (C=O) groups excluding carboxylic acids is 2. The van der Waals surface area contributed by atoms with Gasteiger partial charge in [0, 0.05) is 18.8 Å². The summed E-state index contributed by atoms with van der Waals surface area (Å²) in [4.78, 5) is 44.1. The molecule has 1 N–H and O–H groups in total. The Kier molecular flexibility index (Phi) is 3.29. The normalized spacial score (nSPS) is 22.7. The zero-order valence-corrected chi connectivity index (χ0v) is 11.5. The molecule has 1 unspecified atom stereocenters. The number of anilines is 1. The molecule has 1 aromatic heterocycles. The quantitative estimate of drug-likeness (QED) is 0.830. The van der Waals surface area contributed by atoms with E-state index in [0.717, 1.165) is 4.90 Å². The second kappa shape index (κ2) is 4.66. The first-order valence-electron chi connectivity index (χ1n) is 6.20. The van der Waals surface area contributed by atoms with E-state index in [1.165, 1.54) is 12.4 Å². The summed E-state index contributed by atoms with van der Waals surface area (Å²) in [6.45, 7) is 5.40. The molecule has 1 saturated heterocycles. The van der Waals surface area contributed by atoms with E-state index in [1.54, 1.807) is 6.92 Å². The fraction of sp³-hybridized carbons (Fsp3) is 0.462. The van der Waals surface area contributed by atoms with Crippen LogP contribution in [0.5, 0.6) is 0 Å². The van der Waals surface area contributed by atoms with Crippen LogP contribution in [0.25, 0.3) is 0 Å². The lowest BCUT2D eigenvalue weighted by molar-refractivity contribution is -0.126. The third kappa shape index (κ3) is 1.95. The first-order valence-corrected chi connectivity index (χ1v) is 6.20. The molecule has 1 aliphatic rings. The van der Waals surface area contributed by atoms with Crippen molar-refractivity contribution >= 4 is 23.6 Å². The molecule has 2 rings (SSSR count). The van der Waals surface area contributed by atoms with Crippen LogP contribution in [0.1, 0.15) is 37.7 Å². The van der Waals surface area contributed by atoms with Crippen LogP contribution in [0.15, 0.2) is 12.4 Å². The zero-order chi connectivity index (χ0) is 15.1. The van der Waals surface area contributed by atoms with E-state index in [2.05, 4.69) is 9.97 Å². The number of imide groups is 1. The van der Waals surface area contributed by atoms with Crippen molar-refractivity contribution < 1.29 is 19.5 Å². The fourth-order valence-electron chi connectivity index (χ4n) is 2.15. The average molecular weight is 277 g/mol. The number of carboxylic acids is 1. The van der Waals surface area contributed by atoms with Gasteiger partial charge in [-0.2, -0.15) is 0 Å². The van der Waals surface area contributed by atoms with Crippen LogP contribution < -0.4 is 4.90 Å².